The molecule has 0 spiro atoms. The number of piperidine rings is 1. The van der Waals surface area contributed by atoms with Gasteiger partial charge in [0.25, 0.3) is 0 Å². The van der Waals surface area contributed by atoms with Crippen LogP contribution in [-0.2, 0) is 19.4 Å². The van der Waals surface area contributed by atoms with E-state index in [9.17, 15) is 18.0 Å². The molecular weight excluding hydrogens is 414 g/mol. The molecule has 0 aromatic heterocycles. The standard InChI is InChI=1S/C23H35N3O4S/c1-3-18(4-2)23(28)26-12-10-20(11-13-26)24-22(27)21(19-8-6-5-7-9-19)25-14-16-31(29,30)17-15-25/h5-9,18,20-21H,3-4,10-17H2,1-2H3,(H,24,27). The first kappa shape index (κ1) is 23.7. The van der Waals surface area contributed by atoms with Crippen molar-refractivity contribution >= 4 is 21.7 Å². The summed E-state index contributed by atoms with van der Waals surface area (Å²) in [4.78, 5) is 29.8. The van der Waals surface area contributed by atoms with E-state index in [2.05, 4.69) is 19.2 Å². The van der Waals surface area contributed by atoms with E-state index in [4.69, 9.17) is 0 Å². The summed E-state index contributed by atoms with van der Waals surface area (Å²) >= 11 is 0. The van der Waals surface area contributed by atoms with Crippen LogP contribution >= 0.6 is 0 Å². The summed E-state index contributed by atoms with van der Waals surface area (Å²) < 4.78 is 23.7. The minimum absolute atomic E-state index is 0.0259. The van der Waals surface area contributed by atoms with Gasteiger partial charge >= 0.3 is 0 Å². The summed E-state index contributed by atoms with van der Waals surface area (Å²) in [5.74, 6) is 0.394. The summed E-state index contributed by atoms with van der Waals surface area (Å²) in [6.07, 6.45) is 3.20. The van der Waals surface area contributed by atoms with Gasteiger partial charge in [0.2, 0.25) is 11.8 Å². The van der Waals surface area contributed by atoms with Crippen LogP contribution < -0.4 is 5.32 Å². The van der Waals surface area contributed by atoms with Crippen LogP contribution in [-0.4, -0.2) is 73.8 Å². The molecule has 1 aromatic carbocycles. The first-order valence-corrected chi connectivity index (χ1v) is 13.2. The van der Waals surface area contributed by atoms with Crippen molar-refractivity contribution in [3.63, 3.8) is 0 Å². The molecule has 3 rings (SSSR count). The molecule has 2 amide bonds. The maximum atomic E-state index is 13.3. The van der Waals surface area contributed by atoms with Crippen LogP contribution in [0.15, 0.2) is 30.3 Å². The third-order valence-electron chi connectivity index (χ3n) is 6.60. The lowest BCUT2D eigenvalue weighted by Crippen LogP contribution is -2.52. The van der Waals surface area contributed by atoms with Gasteiger partial charge in [-0.3, -0.25) is 14.5 Å². The minimum Gasteiger partial charge on any atom is -0.352 e. The molecular formula is C23H35N3O4S. The van der Waals surface area contributed by atoms with Gasteiger partial charge in [-0.1, -0.05) is 44.2 Å². The second-order valence-electron chi connectivity index (χ2n) is 8.62. The number of nitrogens with one attached hydrogen (secondary N) is 1. The second kappa shape index (κ2) is 10.6. The van der Waals surface area contributed by atoms with Gasteiger partial charge in [0, 0.05) is 38.1 Å². The van der Waals surface area contributed by atoms with Gasteiger partial charge in [-0.15, -0.1) is 0 Å². The molecule has 2 aliphatic rings. The van der Waals surface area contributed by atoms with Crippen molar-refractivity contribution in [1.82, 2.24) is 15.1 Å². The Hall–Kier alpha value is -1.93. The van der Waals surface area contributed by atoms with Crippen LogP contribution in [0.4, 0.5) is 0 Å². The zero-order valence-electron chi connectivity index (χ0n) is 18.6. The Bertz CT molecular complexity index is 833. The monoisotopic (exact) mass is 449 g/mol. The fourth-order valence-electron chi connectivity index (χ4n) is 4.57. The number of benzene rings is 1. The highest BCUT2D eigenvalue weighted by atomic mass is 32.2. The molecule has 1 N–H and O–H groups in total. The maximum Gasteiger partial charge on any atom is 0.242 e. The van der Waals surface area contributed by atoms with E-state index >= 15 is 0 Å². The number of carbonyl (C=O) groups excluding carboxylic acids is 2. The van der Waals surface area contributed by atoms with Crippen LogP contribution in [0, 0.1) is 5.92 Å². The fraction of sp³-hybridized carbons (Fsp3) is 0.652. The lowest BCUT2D eigenvalue weighted by molar-refractivity contribution is -0.137. The molecule has 2 saturated heterocycles. The number of hydrogen-bond donors (Lipinski definition) is 1. The summed E-state index contributed by atoms with van der Waals surface area (Å²) in [6, 6.07) is 9.08. The first-order chi connectivity index (χ1) is 14.8. The molecule has 1 atom stereocenters. The Morgan fingerprint density at radius 1 is 1.00 bits per heavy atom. The topological polar surface area (TPSA) is 86.8 Å². The smallest absolute Gasteiger partial charge is 0.242 e. The molecule has 1 aromatic rings. The number of nitrogens with zero attached hydrogens (tertiary/aromatic N) is 2. The van der Waals surface area contributed by atoms with E-state index in [1.807, 2.05) is 40.1 Å². The molecule has 2 aliphatic heterocycles. The van der Waals surface area contributed by atoms with E-state index in [1.54, 1.807) is 0 Å². The highest BCUT2D eigenvalue weighted by Gasteiger charge is 2.34. The molecule has 7 nitrogen and oxygen atoms in total. The van der Waals surface area contributed by atoms with E-state index < -0.39 is 15.9 Å². The Morgan fingerprint density at radius 2 is 1.58 bits per heavy atom. The van der Waals surface area contributed by atoms with Gasteiger partial charge in [-0.25, -0.2) is 8.42 Å². The highest BCUT2D eigenvalue weighted by molar-refractivity contribution is 7.91. The van der Waals surface area contributed by atoms with E-state index in [0.717, 1.165) is 31.2 Å². The van der Waals surface area contributed by atoms with Gasteiger partial charge in [0.1, 0.15) is 6.04 Å². The molecule has 2 heterocycles. The Balaban J connectivity index is 1.63. The third-order valence-corrected chi connectivity index (χ3v) is 8.20. The van der Waals surface area contributed by atoms with E-state index in [1.165, 1.54) is 0 Å². The quantitative estimate of drug-likeness (QED) is 0.688. The number of rotatable bonds is 7. The lowest BCUT2D eigenvalue weighted by Gasteiger charge is -2.37. The zero-order valence-corrected chi connectivity index (χ0v) is 19.4. The second-order valence-corrected chi connectivity index (χ2v) is 10.9. The normalized spacial score (nSPS) is 21.1. The number of sulfone groups is 1. The van der Waals surface area contributed by atoms with Crippen molar-refractivity contribution < 1.29 is 18.0 Å². The molecule has 0 radical (unpaired) electrons. The average molecular weight is 450 g/mol. The summed E-state index contributed by atoms with van der Waals surface area (Å²) in [5, 5.41) is 3.18. The molecule has 0 bridgehead atoms. The van der Waals surface area contributed by atoms with Gasteiger partial charge in [0.05, 0.1) is 11.5 Å². The first-order valence-electron chi connectivity index (χ1n) is 11.4. The summed E-state index contributed by atoms with van der Waals surface area (Å²) in [7, 11) is -3.02. The highest BCUT2D eigenvalue weighted by Crippen LogP contribution is 2.24. The largest absolute Gasteiger partial charge is 0.352 e. The zero-order chi connectivity index (χ0) is 22.4. The lowest BCUT2D eigenvalue weighted by atomic mass is 9.98. The number of carbonyl (C=O) groups is 2. The van der Waals surface area contributed by atoms with Gasteiger partial charge in [-0.2, -0.15) is 0 Å². The van der Waals surface area contributed by atoms with Gasteiger partial charge in [0.15, 0.2) is 9.84 Å². The van der Waals surface area contributed by atoms with Crippen molar-refractivity contribution in [2.75, 3.05) is 37.7 Å². The minimum atomic E-state index is -3.02. The molecule has 172 valence electrons. The molecule has 0 saturated carbocycles. The van der Waals surface area contributed by atoms with E-state index in [0.29, 0.717) is 26.2 Å². The molecule has 8 heteroatoms. The maximum absolute atomic E-state index is 13.3. The van der Waals surface area contributed by atoms with Crippen molar-refractivity contribution in [2.24, 2.45) is 5.92 Å². The Labute approximate surface area is 186 Å². The van der Waals surface area contributed by atoms with Crippen LogP contribution in [0.1, 0.15) is 51.1 Å². The SMILES string of the molecule is CCC(CC)C(=O)N1CCC(NC(=O)C(c2ccccc2)N2CCS(=O)(=O)CC2)CC1. The Kier molecular flexibility index (Phi) is 8.11. The average Bonchev–Trinajstić information content (AvgIpc) is 2.77. The van der Waals surface area contributed by atoms with Gasteiger partial charge in [-0.05, 0) is 31.2 Å². The molecule has 1 unspecified atom stereocenters. The molecule has 0 aliphatic carbocycles. The number of hydrogen-bond acceptors (Lipinski definition) is 5. The van der Waals surface area contributed by atoms with E-state index in [-0.39, 0.29) is 35.3 Å². The number of likely N-dealkylation sites (tertiary alicyclic amines) is 1. The molecule has 31 heavy (non-hydrogen) atoms. The third kappa shape index (κ3) is 6.07. The predicted molar refractivity (Wildman–Crippen MR) is 121 cm³/mol. The van der Waals surface area contributed by atoms with Crippen molar-refractivity contribution in [1.29, 1.82) is 0 Å². The van der Waals surface area contributed by atoms with Gasteiger partial charge < -0.3 is 10.2 Å². The number of amides is 2. The summed E-state index contributed by atoms with van der Waals surface area (Å²) in [5.41, 5.74) is 0.876. The predicted octanol–water partition coefficient (Wildman–Crippen LogP) is 2.00. The Morgan fingerprint density at radius 3 is 2.13 bits per heavy atom. The van der Waals surface area contributed by atoms with Crippen LogP contribution in [0.5, 0.6) is 0 Å². The fourth-order valence-corrected chi connectivity index (χ4v) is 5.80. The van der Waals surface area contributed by atoms with Crippen LogP contribution in [0.3, 0.4) is 0 Å². The van der Waals surface area contributed by atoms with Crippen LogP contribution in [0.2, 0.25) is 0 Å². The van der Waals surface area contributed by atoms with Crippen molar-refractivity contribution in [2.45, 2.75) is 51.6 Å². The van der Waals surface area contributed by atoms with Crippen molar-refractivity contribution in [3.8, 4) is 0 Å². The van der Waals surface area contributed by atoms with Crippen LogP contribution in [0.25, 0.3) is 0 Å². The summed E-state index contributed by atoms with van der Waals surface area (Å²) in [6.45, 7) is 6.15. The molecule has 2 fully saturated rings. The van der Waals surface area contributed by atoms with Crippen molar-refractivity contribution in [3.05, 3.63) is 35.9 Å².